The summed E-state index contributed by atoms with van der Waals surface area (Å²) in [6.07, 6.45) is 6.31. The molecule has 0 aromatic carbocycles. The van der Waals surface area contributed by atoms with Crippen molar-refractivity contribution in [3.8, 4) is 6.07 Å². The highest BCUT2D eigenvalue weighted by Gasteiger charge is 2.40. The fraction of sp³-hybridized carbons (Fsp3) is 0.583. The number of hydrogen-bond acceptors (Lipinski definition) is 9. The van der Waals surface area contributed by atoms with E-state index in [0.717, 1.165) is 6.42 Å². The summed E-state index contributed by atoms with van der Waals surface area (Å²) in [6, 6.07) is 2.90. The molecule has 1 aliphatic carbocycles. The van der Waals surface area contributed by atoms with Gasteiger partial charge >= 0.3 is 0 Å². The van der Waals surface area contributed by atoms with E-state index in [1.807, 2.05) is 25.1 Å². The molecule has 194 valence electrons. The van der Waals surface area contributed by atoms with Gasteiger partial charge in [-0.15, -0.1) is 0 Å². The zero-order valence-electron chi connectivity index (χ0n) is 20.9. The Labute approximate surface area is 211 Å². The molecule has 0 spiro atoms. The molecular weight excluding hydrogens is 482 g/mol. The van der Waals surface area contributed by atoms with Gasteiger partial charge in [0.1, 0.15) is 17.3 Å². The van der Waals surface area contributed by atoms with Crippen molar-refractivity contribution >= 4 is 27.0 Å². The standard InChI is InChI=1S/C24H33N7O4S/c1-24(33)9-4-6-20(24)31-21-18(14-17(15-25)22(31)32)16-26-23(28-21)27-19-7-11-30(12-8-19)36(34,35)13-5-10-29(2)3/h5,13-14,16,19-20,33H,4,6-12H2,1-3H3,(H,26,27,28)/b13-5+/t20-,24-/m1/s1. The van der Waals surface area contributed by atoms with Crippen molar-refractivity contribution in [3.05, 3.63) is 39.7 Å². The molecule has 2 fully saturated rings. The van der Waals surface area contributed by atoms with Crippen molar-refractivity contribution in [2.75, 3.05) is 39.0 Å². The zero-order chi connectivity index (χ0) is 26.1. The maximum atomic E-state index is 13.1. The molecule has 1 saturated heterocycles. The Kier molecular flexibility index (Phi) is 7.47. The molecule has 36 heavy (non-hydrogen) atoms. The van der Waals surface area contributed by atoms with Crippen molar-refractivity contribution in [3.63, 3.8) is 0 Å². The lowest BCUT2D eigenvalue weighted by molar-refractivity contribution is 0.0266. The average molecular weight is 516 g/mol. The molecule has 0 amide bonds. The Morgan fingerprint density at radius 1 is 1.33 bits per heavy atom. The van der Waals surface area contributed by atoms with E-state index in [1.54, 1.807) is 19.2 Å². The van der Waals surface area contributed by atoms with Gasteiger partial charge in [-0.2, -0.15) is 14.6 Å². The summed E-state index contributed by atoms with van der Waals surface area (Å²) in [5, 5.41) is 25.4. The Morgan fingerprint density at radius 2 is 2.06 bits per heavy atom. The summed E-state index contributed by atoms with van der Waals surface area (Å²) in [4.78, 5) is 24.0. The summed E-state index contributed by atoms with van der Waals surface area (Å²) in [5.74, 6) is 0.324. The fourth-order valence-electron chi connectivity index (χ4n) is 5.00. The van der Waals surface area contributed by atoms with Crippen LogP contribution in [-0.2, 0) is 10.0 Å². The third-order valence-corrected chi connectivity index (χ3v) is 8.59. The van der Waals surface area contributed by atoms with Crippen LogP contribution in [0.1, 0.15) is 50.6 Å². The number of rotatable bonds is 7. The van der Waals surface area contributed by atoms with E-state index in [9.17, 15) is 23.6 Å². The van der Waals surface area contributed by atoms with Crippen molar-refractivity contribution in [1.29, 1.82) is 5.26 Å². The van der Waals surface area contributed by atoms with Gasteiger partial charge in [0, 0.05) is 42.7 Å². The number of nitriles is 1. The molecule has 0 bridgehead atoms. The van der Waals surface area contributed by atoms with Gasteiger partial charge in [-0.25, -0.2) is 13.4 Å². The number of anilines is 1. The van der Waals surface area contributed by atoms with E-state index in [0.29, 0.717) is 62.3 Å². The first-order valence-corrected chi connectivity index (χ1v) is 13.6. The SMILES string of the molecule is CN(C)C/C=C/S(=O)(=O)N1CCC(Nc2ncc3cc(C#N)c(=O)n([C@@H]4CCC[C@@]4(C)O)c3n2)CC1. The number of hydrogen-bond donors (Lipinski definition) is 2. The average Bonchev–Trinajstić information content (AvgIpc) is 3.17. The third kappa shape index (κ3) is 5.44. The van der Waals surface area contributed by atoms with Gasteiger partial charge in [-0.3, -0.25) is 9.36 Å². The third-order valence-electron chi connectivity index (χ3n) is 6.97. The highest BCUT2D eigenvalue weighted by molar-refractivity contribution is 7.92. The van der Waals surface area contributed by atoms with Crippen LogP contribution >= 0.6 is 0 Å². The zero-order valence-corrected chi connectivity index (χ0v) is 21.7. The van der Waals surface area contributed by atoms with Gasteiger partial charge in [-0.05, 0) is 59.2 Å². The molecule has 2 N–H and O–H groups in total. The van der Waals surface area contributed by atoms with Crippen LogP contribution in [-0.4, -0.2) is 82.6 Å². The first-order chi connectivity index (χ1) is 17.0. The van der Waals surface area contributed by atoms with Gasteiger partial charge in [-0.1, -0.05) is 6.08 Å². The molecule has 2 aliphatic rings. The van der Waals surface area contributed by atoms with Crippen LogP contribution in [0.4, 0.5) is 5.95 Å². The second kappa shape index (κ2) is 10.3. The maximum Gasteiger partial charge on any atom is 0.270 e. The van der Waals surface area contributed by atoms with Gasteiger partial charge in [0.25, 0.3) is 5.56 Å². The van der Waals surface area contributed by atoms with Crippen LogP contribution in [0.25, 0.3) is 11.0 Å². The number of nitrogens with one attached hydrogen (secondary N) is 1. The molecule has 4 rings (SSSR count). The van der Waals surface area contributed by atoms with E-state index < -0.39 is 27.2 Å². The predicted octanol–water partition coefficient (Wildman–Crippen LogP) is 1.42. The summed E-state index contributed by atoms with van der Waals surface area (Å²) < 4.78 is 28.1. The number of pyridine rings is 1. The number of sulfonamides is 1. The predicted molar refractivity (Wildman–Crippen MR) is 137 cm³/mol. The fourth-order valence-corrected chi connectivity index (χ4v) is 6.22. The summed E-state index contributed by atoms with van der Waals surface area (Å²) >= 11 is 0. The monoisotopic (exact) mass is 515 g/mol. The van der Waals surface area contributed by atoms with E-state index >= 15 is 0 Å². The van der Waals surface area contributed by atoms with Crippen molar-refractivity contribution in [2.24, 2.45) is 0 Å². The molecular formula is C24H33N7O4S. The number of nitrogens with zero attached hydrogens (tertiary/aromatic N) is 6. The molecule has 1 saturated carbocycles. The number of piperidine rings is 1. The van der Waals surface area contributed by atoms with Crippen molar-refractivity contribution < 1.29 is 13.5 Å². The molecule has 12 heteroatoms. The Bertz CT molecular complexity index is 1350. The quantitative estimate of drug-likeness (QED) is 0.559. The number of aliphatic hydroxyl groups is 1. The second-order valence-electron chi connectivity index (χ2n) is 10.1. The highest BCUT2D eigenvalue weighted by atomic mass is 32.2. The normalized spacial score (nSPS) is 24.1. The van der Waals surface area contributed by atoms with Crippen LogP contribution in [0.5, 0.6) is 0 Å². The molecule has 2 aromatic heterocycles. The summed E-state index contributed by atoms with van der Waals surface area (Å²) in [7, 11) is 0.289. The van der Waals surface area contributed by atoms with Crippen molar-refractivity contribution in [1.82, 2.24) is 23.7 Å². The lowest BCUT2D eigenvalue weighted by atomic mass is 9.99. The van der Waals surface area contributed by atoms with Crippen LogP contribution < -0.4 is 10.9 Å². The second-order valence-corrected chi connectivity index (χ2v) is 11.9. The minimum Gasteiger partial charge on any atom is -0.388 e. The largest absolute Gasteiger partial charge is 0.388 e. The van der Waals surface area contributed by atoms with Crippen LogP contribution in [0.2, 0.25) is 0 Å². The van der Waals surface area contributed by atoms with Crippen LogP contribution in [0.3, 0.4) is 0 Å². The van der Waals surface area contributed by atoms with Gasteiger partial charge in [0.05, 0.1) is 11.6 Å². The number of likely N-dealkylation sites (N-methyl/N-ethyl adjacent to an activating group) is 1. The molecule has 2 aromatic rings. The molecule has 11 nitrogen and oxygen atoms in total. The van der Waals surface area contributed by atoms with E-state index in [4.69, 9.17) is 0 Å². The van der Waals surface area contributed by atoms with E-state index in [1.165, 1.54) is 20.3 Å². The molecule has 1 aliphatic heterocycles. The highest BCUT2D eigenvalue weighted by Crippen LogP contribution is 2.39. The lowest BCUT2D eigenvalue weighted by Crippen LogP contribution is -2.42. The van der Waals surface area contributed by atoms with Gasteiger partial charge < -0.3 is 15.3 Å². The summed E-state index contributed by atoms with van der Waals surface area (Å²) in [5.41, 5.74) is -1.19. The molecule has 3 heterocycles. The van der Waals surface area contributed by atoms with Crippen molar-refractivity contribution in [2.45, 2.75) is 56.7 Å². The number of fused-ring (bicyclic) bond motifs is 1. The Balaban J connectivity index is 1.54. The Hall–Kier alpha value is -2.85. The molecule has 0 unspecified atom stereocenters. The summed E-state index contributed by atoms with van der Waals surface area (Å²) in [6.45, 7) is 3.01. The topological polar surface area (TPSA) is 144 Å². The van der Waals surface area contributed by atoms with E-state index in [2.05, 4.69) is 15.3 Å². The van der Waals surface area contributed by atoms with Crippen LogP contribution in [0.15, 0.2) is 28.5 Å². The Morgan fingerprint density at radius 3 is 2.67 bits per heavy atom. The van der Waals surface area contributed by atoms with Gasteiger partial charge in [0.2, 0.25) is 16.0 Å². The molecule has 0 radical (unpaired) electrons. The van der Waals surface area contributed by atoms with Crippen LogP contribution in [0, 0.1) is 11.3 Å². The first kappa shape index (κ1) is 26.2. The van der Waals surface area contributed by atoms with E-state index in [-0.39, 0.29) is 11.6 Å². The lowest BCUT2D eigenvalue weighted by Gasteiger charge is -2.31. The minimum absolute atomic E-state index is 0.0114. The maximum absolute atomic E-state index is 13.1. The van der Waals surface area contributed by atoms with Gasteiger partial charge in [0.15, 0.2) is 0 Å². The minimum atomic E-state index is -3.46. The smallest absolute Gasteiger partial charge is 0.270 e. The molecule has 2 atom stereocenters. The number of aromatic nitrogens is 3. The first-order valence-electron chi connectivity index (χ1n) is 12.1.